The monoisotopic (exact) mass is 397 g/mol. The molecule has 2 heterocycles. The number of aromatic nitrogens is 2. The van der Waals surface area contributed by atoms with Gasteiger partial charge in [0.15, 0.2) is 6.10 Å². The summed E-state index contributed by atoms with van der Waals surface area (Å²) in [5, 5.41) is 4.10. The molecule has 3 rings (SSSR count). The number of nitrogens with one attached hydrogen (secondary N) is 2. The number of hydrogen-bond donors (Lipinski definition) is 2. The molecule has 0 saturated carbocycles. The predicted molar refractivity (Wildman–Crippen MR) is 98.6 cm³/mol. The fourth-order valence-corrected chi connectivity index (χ4v) is 3.53. The normalized spacial score (nSPS) is 12.1. The molecule has 130 valence electrons. The topological polar surface area (TPSA) is 84.1 Å². The summed E-state index contributed by atoms with van der Waals surface area (Å²) in [5.74, 6) is 0.0802. The number of amides is 1. The van der Waals surface area contributed by atoms with Crippen molar-refractivity contribution in [3.05, 3.63) is 55.9 Å². The molecule has 2 N–H and O–H groups in total. The van der Waals surface area contributed by atoms with Gasteiger partial charge in [0.1, 0.15) is 10.6 Å². The van der Waals surface area contributed by atoms with Gasteiger partial charge in [0.25, 0.3) is 11.5 Å². The van der Waals surface area contributed by atoms with Crippen molar-refractivity contribution in [2.75, 3.05) is 0 Å². The first-order chi connectivity index (χ1) is 11.9. The number of fused-ring (bicyclic) bond motifs is 1. The van der Waals surface area contributed by atoms with Crippen LogP contribution in [0, 0.1) is 0 Å². The molecule has 0 bridgehead atoms. The number of benzene rings is 1. The van der Waals surface area contributed by atoms with Crippen LogP contribution >= 0.6 is 34.5 Å². The van der Waals surface area contributed by atoms with Crippen LogP contribution < -0.4 is 15.6 Å². The van der Waals surface area contributed by atoms with Crippen LogP contribution in [0.5, 0.6) is 5.75 Å². The summed E-state index contributed by atoms with van der Waals surface area (Å²) in [4.78, 5) is 31.9. The first-order valence-electron chi connectivity index (χ1n) is 7.29. The minimum Gasteiger partial charge on any atom is -0.479 e. The SMILES string of the molecule is CC(Oc1ccc(Cl)cc1Cl)C(=O)NCc1cc2c(=O)[nH]cnc2s1. The number of rotatable bonds is 5. The minimum absolute atomic E-state index is 0.201. The molecule has 3 aromatic rings. The summed E-state index contributed by atoms with van der Waals surface area (Å²) >= 11 is 13.2. The van der Waals surface area contributed by atoms with E-state index in [1.165, 1.54) is 17.7 Å². The molecule has 1 amide bonds. The van der Waals surface area contributed by atoms with E-state index in [4.69, 9.17) is 27.9 Å². The van der Waals surface area contributed by atoms with Crippen LogP contribution in [0.25, 0.3) is 10.2 Å². The molecule has 0 radical (unpaired) electrons. The third-order valence-electron chi connectivity index (χ3n) is 3.39. The maximum Gasteiger partial charge on any atom is 0.261 e. The number of hydrogen-bond acceptors (Lipinski definition) is 5. The van der Waals surface area contributed by atoms with E-state index in [9.17, 15) is 9.59 Å². The van der Waals surface area contributed by atoms with Crippen molar-refractivity contribution in [3.63, 3.8) is 0 Å². The molecule has 0 saturated heterocycles. The van der Waals surface area contributed by atoms with Gasteiger partial charge in [-0.25, -0.2) is 4.98 Å². The number of halogens is 2. The standard InChI is InChI=1S/C16H13Cl2N3O3S/c1-8(24-13-3-2-9(17)4-12(13)18)14(22)19-6-10-5-11-15(23)20-7-21-16(11)25-10/h2-5,7-8H,6H2,1H3,(H,19,22)(H,20,21,23). The molecule has 0 aliphatic heterocycles. The maximum atomic E-state index is 12.2. The predicted octanol–water partition coefficient (Wildman–Crippen LogP) is 3.38. The lowest BCUT2D eigenvalue weighted by molar-refractivity contribution is -0.127. The Labute approximate surface area is 156 Å². The average molecular weight is 398 g/mol. The summed E-state index contributed by atoms with van der Waals surface area (Å²) in [6.45, 7) is 1.90. The van der Waals surface area contributed by atoms with Crippen molar-refractivity contribution in [2.45, 2.75) is 19.6 Å². The summed E-state index contributed by atoms with van der Waals surface area (Å²) in [6.07, 6.45) is 0.615. The zero-order valence-corrected chi connectivity index (χ0v) is 15.3. The van der Waals surface area contributed by atoms with Gasteiger partial charge in [0.05, 0.1) is 23.3 Å². The Kier molecular flexibility index (Phi) is 5.27. The lowest BCUT2D eigenvalue weighted by Gasteiger charge is -2.15. The van der Waals surface area contributed by atoms with Crippen LogP contribution in [0.4, 0.5) is 0 Å². The molecule has 0 aliphatic carbocycles. The zero-order valence-electron chi connectivity index (χ0n) is 13.0. The summed E-state index contributed by atoms with van der Waals surface area (Å²) < 4.78 is 5.56. The average Bonchev–Trinajstić information content (AvgIpc) is 2.99. The minimum atomic E-state index is -0.741. The lowest BCUT2D eigenvalue weighted by Crippen LogP contribution is -2.35. The molecule has 9 heteroatoms. The highest BCUT2D eigenvalue weighted by molar-refractivity contribution is 7.18. The molecule has 0 spiro atoms. The smallest absolute Gasteiger partial charge is 0.261 e. The van der Waals surface area contributed by atoms with Crippen LogP contribution in [0.2, 0.25) is 10.0 Å². The number of ether oxygens (including phenoxy) is 1. The third-order valence-corrected chi connectivity index (χ3v) is 4.96. The second-order valence-corrected chi connectivity index (χ2v) is 7.17. The van der Waals surface area contributed by atoms with Gasteiger partial charge in [0, 0.05) is 9.90 Å². The van der Waals surface area contributed by atoms with Crippen molar-refractivity contribution in [1.82, 2.24) is 15.3 Å². The number of carbonyl (C=O) groups excluding carboxylic acids is 1. The molecule has 2 aromatic heterocycles. The van der Waals surface area contributed by atoms with E-state index >= 15 is 0 Å². The van der Waals surface area contributed by atoms with E-state index in [1.54, 1.807) is 31.2 Å². The summed E-state index contributed by atoms with van der Waals surface area (Å²) in [6, 6.07) is 6.51. The molecule has 1 aromatic carbocycles. The van der Waals surface area contributed by atoms with Crippen molar-refractivity contribution >= 4 is 50.7 Å². The second-order valence-electron chi connectivity index (χ2n) is 5.22. The van der Waals surface area contributed by atoms with Crippen LogP contribution in [-0.4, -0.2) is 22.0 Å². The Bertz CT molecular complexity index is 986. The number of thiophene rings is 1. The molecule has 6 nitrogen and oxygen atoms in total. The highest BCUT2D eigenvalue weighted by Crippen LogP contribution is 2.28. The highest BCUT2D eigenvalue weighted by atomic mass is 35.5. The Hall–Kier alpha value is -2.09. The zero-order chi connectivity index (χ0) is 18.0. The molecular formula is C16H13Cl2N3O3S. The van der Waals surface area contributed by atoms with E-state index < -0.39 is 6.10 Å². The van der Waals surface area contributed by atoms with E-state index in [0.717, 1.165) is 4.88 Å². The van der Waals surface area contributed by atoms with Crippen molar-refractivity contribution in [1.29, 1.82) is 0 Å². The van der Waals surface area contributed by atoms with E-state index in [-0.39, 0.29) is 18.0 Å². The fourth-order valence-electron chi connectivity index (χ4n) is 2.14. The van der Waals surface area contributed by atoms with Crippen molar-refractivity contribution in [2.24, 2.45) is 0 Å². The summed E-state index contributed by atoms with van der Waals surface area (Å²) in [5.41, 5.74) is -0.201. The summed E-state index contributed by atoms with van der Waals surface area (Å²) in [7, 11) is 0. The van der Waals surface area contributed by atoms with Gasteiger partial charge < -0.3 is 15.0 Å². The quantitative estimate of drug-likeness (QED) is 0.690. The van der Waals surface area contributed by atoms with Gasteiger partial charge in [-0.15, -0.1) is 11.3 Å². The van der Waals surface area contributed by atoms with Crippen LogP contribution in [0.3, 0.4) is 0 Å². The van der Waals surface area contributed by atoms with E-state index in [0.29, 0.717) is 26.0 Å². The molecule has 0 aliphatic rings. The molecule has 1 unspecified atom stereocenters. The van der Waals surface area contributed by atoms with Crippen LogP contribution in [0.1, 0.15) is 11.8 Å². The maximum absolute atomic E-state index is 12.2. The highest BCUT2D eigenvalue weighted by Gasteiger charge is 2.16. The Balaban J connectivity index is 1.63. The number of carbonyl (C=O) groups is 1. The Morgan fingerprint density at radius 1 is 1.40 bits per heavy atom. The van der Waals surface area contributed by atoms with E-state index in [1.807, 2.05) is 0 Å². The van der Waals surface area contributed by atoms with Gasteiger partial charge in [-0.2, -0.15) is 0 Å². The molecular weight excluding hydrogens is 385 g/mol. The molecule has 0 fully saturated rings. The Morgan fingerprint density at radius 3 is 2.92 bits per heavy atom. The lowest BCUT2D eigenvalue weighted by atomic mass is 10.3. The largest absolute Gasteiger partial charge is 0.479 e. The first kappa shape index (κ1) is 17.7. The fraction of sp³-hybridized carbons (Fsp3) is 0.188. The molecule has 1 atom stereocenters. The number of aromatic amines is 1. The van der Waals surface area contributed by atoms with E-state index in [2.05, 4.69) is 15.3 Å². The van der Waals surface area contributed by atoms with Gasteiger partial charge in [-0.3, -0.25) is 9.59 Å². The number of nitrogens with zero attached hydrogens (tertiary/aromatic N) is 1. The van der Waals surface area contributed by atoms with Crippen LogP contribution in [-0.2, 0) is 11.3 Å². The number of H-pyrrole nitrogens is 1. The Morgan fingerprint density at radius 2 is 2.20 bits per heavy atom. The van der Waals surface area contributed by atoms with Crippen molar-refractivity contribution < 1.29 is 9.53 Å². The van der Waals surface area contributed by atoms with Gasteiger partial charge >= 0.3 is 0 Å². The van der Waals surface area contributed by atoms with Crippen molar-refractivity contribution in [3.8, 4) is 5.75 Å². The van der Waals surface area contributed by atoms with Crippen LogP contribution in [0.15, 0.2) is 35.4 Å². The second kappa shape index (κ2) is 7.43. The van der Waals surface area contributed by atoms with Gasteiger partial charge in [-0.1, -0.05) is 23.2 Å². The third kappa shape index (κ3) is 4.12. The van der Waals surface area contributed by atoms with Gasteiger partial charge in [0.2, 0.25) is 0 Å². The van der Waals surface area contributed by atoms with Gasteiger partial charge in [-0.05, 0) is 31.2 Å². The molecule has 25 heavy (non-hydrogen) atoms. The first-order valence-corrected chi connectivity index (χ1v) is 8.87.